The zero-order valence-electron chi connectivity index (χ0n) is 11.9. The van der Waals surface area contributed by atoms with Crippen molar-refractivity contribution in [2.24, 2.45) is 11.3 Å². The standard InChI is InChI=1S/C16H23NO/c1-12(18)13-5-7-15(8-6-13)17-10-9-14(11-17)16(2,3)4/h5-8,14H,9-11H2,1-4H3. The van der Waals surface area contributed by atoms with E-state index in [9.17, 15) is 4.79 Å². The molecule has 2 rings (SSSR count). The van der Waals surface area contributed by atoms with Gasteiger partial charge in [-0.05, 0) is 48.9 Å². The van der Waals surface area contributed by atoms with E-state index in [4.69, 9.17) is 0 Å². The van der Waals surface area contributed by atoms with Crippen LogP contribution in [0.2, 0.25) is 0 Å². The van der Waals surface area contributed by atoms with Crippen LogP contribution in [0, 0.1) is 11.3 Å². The van der Waals surface area contributed by atoms with Crippen LogP contribution in [0.5, 0.6) is 0 Å². The van der Waals surface area contributed by atoms with Crippen LogP contribution in [0.3, 0.4) is 0 Å². The van der Waals surface area contributed by atoms with E-state index in [1.165, 1.54) is 12.1 Å². The maximum atomic E-state index is 11.2. The lowest BCUT2D eigenvalue weighted by molar-refractivity contribution is 0.101. The van der Waals surface area contributed by atoms with Crippen LogP contribution in [0.1, 0.15) is 44.5 Å². The zero-order chi connectivity index (χ0) is 13.3. The first-order valence-corrected chi connectivity index (χ1v) is 6.74. The molecule has 18 heavy (non-hydrogen) atoms. The maximum absolute atomic E-state index is 11.2. The molecule has 1 heterocycles. The van der Waals surface area contributed by atoms with Crippen LogP contribution in [0.25, 0.3) is 0 Å². The monoisotopic (exact) mass is 245 g/mol. The van der Waals surface area contributed by atoms with E-state index >= 15 is 0 Å². The number of ketones is 1. The van der Waals surface area contributed by atoms with Crippen molar-refractivity contribution in [3.8, 4) is 0 Å². The number of carbonyl (C=O) groups is 1. The van der Waals surface area contributed by atoms with Gasteiger partial charge in [-0.3, -0.25) is 4.79 Å². The molecule has 98 valence electrons. The van der Waals surface area contributed by atoms with Gasteiger partial charge in [0.25, 0.3) is 0 Å². The second-order valence-corrected chi connectivity index (χ2v) is 6.40. The number of hydrogen-bond acceptors (Lipinski definition) is 2. The largest absolute Gasteiger partial charge is 0.371 e. The van der Waals surface area contributed by atoms with Crippen molar-refractivity contribution in [2.45, 2.75) is 34.1 Å². The molecular weight excluding hydrogens is 222 g/mol. The number of carbonyl (C=O) groups excluding carboxylic acids is 1. The molecule has 2 nitrogen and oxygen atoms in total. The van der Waals surface area contributed by atoms with Gasteiger partial charge in [-0.2, -0.15) is 0 Å². The van der Waals surface area contributed by atoms with Crippen LogP contribution in [-0.4, -0.2) is 18.9 Å². The molecule has 1 fully saturated rings. The quantitative estimate of drug-likeness (QED) is 0.739. The number of rotatable bonds is 2. The number of benzene rings is 1. The van der Waals surface area contributed by atoms with E-state index in [0.29, 0.717) is 5.41 Å². The van der Waals surface area contributed by atoms with Gasteiger partial charge < -0.3 is 4.90 Å². The molecule has 0 aromatic heterocycles. The van der Waals surface area contributed by atoms with Crippen LogP contribution < -0.4 is 4.90 Å². The summed E-state index contributed by atoms with van der Waals surface area (Å²) in [6.07, 6.45) is 1.26. The number of Topliss-reactive ketones (excluding diaryl/α,β-unsaturated/α-hetero) is 1. The second-order valence-electron chi connectivity index (χ2n) is 6.40. The molecule has 1 aromatic rings. The Morgan fingerprint density at radius 2 is 1.83 bits per heavy atom. The van der Waals surface area contributed by atoms with Crippen LogP contribution in [-0.2, 0) is 0 Å². The van der Waals surface area contributed by atoms with Gasteiger partial charge in [0.15, 0.2) is 5.78 Å². The van der Waals surface area contributed by atoms with Crippen molar-refractivity contribution in [1.82, 2.24) is 0 Å². The molecule has 1 aliphatic heterocycles. The van der Waals surface area contributed by atoms with Gasteiger partial charge in [0.2, 0.25) is 0 Å². The van der Waals surface area contributed by atoms with Crippen molar-refractivity contribution in [2.75, 3.05) is 18.0 Å². The summed E-state index contributed by atoms with van der Waals surface area (Å²) in [4.78, 5) is 13.7. The average molecular weight is 245 g/mol. The molecular formula is C16H23NO. The number of hydrogen-bond donors (Lipinski definition) is 0. The van der Waals surface area contributed by atoms with Crippen LogP contribution in [0.4, 0.5) is 5.69 Å². The molecule has 0 radical (unpaired) electrons. The Morgan fingerprint density at radius 1 is 1.22 bits per heavy atom. The van der Waals surface area contributed by atoms with E-state index < -0.39 is 0 Å². The number of anilines is 1. The van der Waals surface area contributed by atoms with E-state index in [1.807, 2.05) is 12.1 Å². The minimum absolute atomic E-state index is 0.135. The summed E-state index contributed by atoms with van der Waals surface area (Å²) in [7, 11) is 0. The van der Waals surface area contributed by atoms with Gasteiger partial charge in [0, 0.05) is 24.3 Å². The lowest BCUT2D eigenvalue weighted by Gasteiger charge is -2.27. The van der Waals surface area contributed by atoms with Crippen molar-refractivity contribution in [1.29, 1.82) is 0 Å². The molecule has 1 aliphatic rings. The highest BCUT2D eigenvalue weighted by Crippen LogP contribution is 2.35. The Balaban J connectivity index is 2.08. The molecule has 2 heteroatoms. The molecule has 0 aliphatic carbocycles. The minimum Gasteiger partial charge on any atom is -0.371 e. The van der Waals surface area contributed by atoms with Gasteiger partial charge in [-0.25, -0.2) is 0 Å². The Bertz CT molecular complexity index is 427. The third kappa shape index (κ3) is 2.74. The van der Waals surface area contributed by atoms with E-state index in [0.717, 1.165) is 24.6 Å². The fraction of sp³-hybridized carbons (Fsp3) is 0.562. The van der Waals surface area contributed by atoms with Gasteiger partial charge in [0.1, 0.15) is 0 Å². The first-order valence-electron chi connectivity index (χ1n) is 6.74. The van der Waals surface area contributed by atoms with Gasteiger partial charge in [0.05, 0.1) is 0 Å². The lowest BCUT2D eigenvalue weighted by atomic mass is 9.80. The smallest absolute Gasteiger partial charge is 0.159 e. The highest BCUT2D eigenvalue weighted by molar-refractivity contribution is 5.94. The Kier molecular flexibility index (Phi) is 3.47. The maximum Gasteiger partial charge on any atom is 0.159 e. The lowest BCUT2D eigenvalue weighted by Crippen LogP contribution is -2.25. The zero-order valence-corrected chi connectivity index (χ0v) is 11.9. The molecule has 1 unspecified atom stereocenters. The molecule has 0 saturated carbocycles. The third-order valence-corrected chi connectivity index (χ3v) is 4.05. The normalized spacial score (nSPS) is 20.2. The van der Waals surface area contributed by atoms with Crippen molar-refractivity contribution < 1.29 is 4.79 Å². The van der Waals surface area contributed by atoms with Crippen molar-refractivity contribution in [3.63, 3.8) is 0 Å². The summed E-state index contributed by atoms with van der Waals surface area (Å²) < 4.78 is 0. The molecule has 1 atom stereocenters. The fourth-order valence-electron chi connectivity index (χ4n) is 2.61. The Hall–Kier alpha value is -1.31. The molecule has 1 saturated heterocycles. The van der Waals surface area contributed by atoms with Gasteiger partial charge in [-0.1, -0.05) is 20.8 Å². The topological polar surface area (TPSA) is 20.3 Å². The fourth-order valence-corrected chi connectivity index (χ4v) is 2.61. The van der Waals surface area contributed by atoms with E-state index in [2.05, 4.69) is 37.8 Å². The minimum atomic E-state index is 0.135. The predicted molar refractivity (Wildman–Crippen MR) is 76.2 cm³/mol. The highest BCUT2D eigenvalue weighted by atomic mass is 16.1. The second kappa shape index (κ2) is 4.75. The Morgan fingerprint density at radius 3 is 2.28 bits per heavy atom. The van der Waals surface area contributed by atoms with Crippen molar-refractivity contribution >= 4 is 11.5 Å². The molecule has 0 spiro atoms. The highest BCUT2D eigenvalue weighted by Gasteiger charge is 2.31. The molecule has 0 bridgehead atoms. The summed E-state index contributed by atoms with van der Waals surface area (Å²) in [5.74, 6) is 0.889. The van der Waals surface area contributed by atoms with E-state index in [1.54, 1.807) is 6.92 Å². The molecule has 0 amide bonds. The predicted octanol–water partition coefficient (Wildman–Crippen LogP) is 3.76. The van der Waals surface area contributed by atoms with Gasteiger partial charge in [-0.15, -0.1) is 0 Å². The summed E-state index contributed by atoms with van der Waals surface area (Å²) >= 11 is 0. The van der Waals surface area contributed by atoms with Gasteiger partial charge >= 0.3 is 0 Å². The van der Waals surface area contributed by atoms with Crippen LogP contribution >= 0.6 is 0 Å². The Labute approximate surface area is 110 Å². The summed E-state index contributed by atoms with van der Waals surface area (Å²) in [6.45, 7) is 10.8. The summed E-state index contributed by atoms with van der Waals surface area (Å²) in [6, 6.07) is 8.01. The third-order valence-electron chi connectivity index (χ3n) is 4.05. The number of nitrogens with zero attached hydrogens (tertiary/aromatic N) is 1. The van der Waals surface area contributed by atoms with Crippen LogP contribution in [0.15, 0.2) is 24.3 Å². The van der Waals surface area contributed by atoms with Crippen molar-refractivity contribution in [3.05, 3.63) is 29.8 Å². The first kappa shape index (κ1) is 13.1. The molecule has 0 N–H and O–H groups in total. The summed E-state index contributed by atoms with van der Waals surface area (Å²) in [5, 5.41) is 0. The SMILES string of the molecule is CC(=O)c1ccc(N2CCC(C(C)(C)C)C2)cc1. The van der Waals surface area contributed by atoms with E-state index in [-0.39, 0.29) is 5.78 Å². The average Bonchev–Trinajstić information content (AvgIpc) is 2.78. The summed E-state index contributed by atoms with van der Waals surface area (Å²) in [5.41, 5.74) is 2.42. The first-order chi connectivity index (χ1) is 8.38. The molecule has 1 aromatic carbocycles.